The van der Waals surface area contributed by atoms with Gasteiger partial charge in [0.1, 0.15) is 11.4 Å². The summed E-state index contributed by atoms with van der Waals surface area (Å²) >= 11 is 1.41. The number of carboxylic acid groups (broad SMARTS) is 1. The molecular formula is C16H23N7O4S. The van der Waals surface area contributed by atoms with Gasteiger partial charge in [-0.25, -0.2) is 4.79 Å². The highest BCUT2D eigenvalue weighted by Gasteiger charge is 2.50. The Morgan fingerprint density at radius 1 is 1.46 bits per heavy atom. The number of carbonyl (C=O) groups excluding carboxylic acids is 3. The van der Waals surface area contributed by atoms with Gasteiger partial charge in [0, 0.05) is 17.9 Å². The Balaban J connectivity index is 1.84. The number of hydrogen-bond acceptors (Lipinski definition) is 7. The first kappa shape index (κ1) is 20.0. The topological polar surface area (TPSA) is 162 Å². The molecule has 0 saturated carbocycles. The van der Waals surface area contributed by atoms with Gasteiger partial charge in [-0.2, -0.15) is 0 Å². The highest BCUT2D eigenvalue weighted by atomic mass is 32.2. The minimum absolute atomic E-state index is 0.141. The molecule has 0 radical (unpaired) electrons. The highest BCUT2D eigenvalue weighted by molar-refractivity contribution is 8.00. The van der Waals surface area contributed by atoms with Gasteiger partial charge in [-0.05, 0) is 6.42 Å². The van der Waals surface area contributed by atoms with Crippen LogP contribution >= 0.6 is 11.8 Å². The van der Waals surface area contributed by atoms with E-state index >= 15 is 0 Å². The summed E-state index contributed by atoms with van der Waals surface area (Å²) in [6.45, 7) is 2.64. The number of fused-ring (bicyclic) bond motifs is 1. The summed E-state index contributed by atoms with van der Waals surface area (Å²) in [5.41, 5.74) is 12.6. The SMILES string of the molecule is CCCNC(=O)Nc1c[n+](CC2=C(C(=O)[O-])N3C(=O)[C@@H](N)[C@H]3SC2)n(C)c1N. The van der Waals surface area contributed by atoms with Crippen LogP contribution in [0.2, 0.25) is 0 Å². The van der Waals surface area contributed by atoms with Crippen LogP contribution in [-0.4, -0.2) is 51.2 Å². The molecular weight excluding hydrogens is 386 g/mol. The number of thioether (sulfide) groups is 1. The third kappa shape index (κ3) is 3.40. The molecule has 0 spiro atoms. The van der Waals surface area contributed by atoms with Crippen LogP contribution in [0.25, 0.3) is 0 Å². The van der Waals surface area contributed by atoms with Gasteiger partial charge >= 0.3 is 6.03 Å². The molecule has 0 bridgehead atoms. The summed E-state index contributed by atoms with van der Waals surface area (Å²) in [5, 5.41) is 16.7. The fourth-order valence-electron chi connectivity index (χ4n) is 3.15. The molecule has 152 valence electrons. The molecule has 1 saturated heterocycles. The normalized spacial score (nSPS) is 21.2. The number of carboxylic acids is 1. The fourth-order valence-corrected chi connectivity index (χ4v) is 4.44. The van der Waals surface area contributed by atoms with Crippen molar-refractivity contribution in [2.45, 2.75) is 31.3 Å². The van der Waals surface area contributed by atoms with Crippen LogP contribution in [0.5, 0.6) is 0 Å². The molecule has 1 aromatic rings. The van der Waals surface area contributed by atoms with E-state index in [1.165, 1.54) is 16.7 Å². The quantitative estimate of drug-likeness (QED) is 0.302. The third-order valence-corrected chi connectivity index (χ3v) is 6.07. The second-order valence-electron chi connectivity index (χ2n) is 6.61. The number of anilines is 2. The first-order valence-electron chi connectivity index (χ1n) is 8.79. The van der Waals surface area contributed by atoms with Gasteiger partial charge in [0.25, 0.3) is 0 Å². The smallest absolute Gasteiger partial charge is 0.319 e. The van der Waals surface area contributed by atoms with E-state index in [0.717, 1.165) is 6.42 Å². The molecule has 2 aliphatic heterocycles. The van der Waals surface area contributed by atoms with E-state index in [0.29, 0.717) is 29.4 Å². The van der Waals surface area contributed by atoms with Crippen molar-refractivity contribution in [2.24, 2.45) is 12.8 Å². The van der Waals surface area contributed by atoms with Crippen molar-refractivity contribution in [1.82, 2.24) is 14.9 Å². The van der Waals surface area contributed by atoms with Crippen LogP contribution in [0.4, 0.5) is 16.3 Å². The minimum Gasteiger partial charge on any atom is -0.543 e. The Morgan fingerprint density at radius 2 is 2.18 bits per heavy atom. The maximum Gasteiger partial charge on any atom is 0.319 e. The number of nitrogen functional groups attached to an aromatic ring is 1. The highest BCUT2D eigenvalue weighted by Crippen LogP contribution is 2.39. The molecule has 12 heteroatoms. The van der Waals surface area contributed by atoms with E-state index in [9.17, 15) is 19.5 Å². The van der Waals surface area contributed by atoms with Crippen LogP contribution in [0.1, 0.15) is 13.3 Å². The van der Waals surface area contributed by atoms with Crippen molar-refractivity contribution >= 4 is 41.2 Å². The zero-order chi connectivity index (χ0) is 20.6. The molecule has 1 fully saturated rings. The lowest BCUT2D eigenvalue weighted by Crippen LogP contribution is -2.69. The molecule has 11 nitrogen and oxygen atoms in total. The first-order chi connectivity index (χ1) is 13.3. The minimum atomic E-state index is -1.42. The molecule has 0 unspecified atom stereocenters. The number of nitrogens with two attached hydrogens (primary N) is 2. The van der Waals surface area contributed by atoms with Gasteiger partial charge in [0.2, 0.25) is 12.1 Å². The van der Waals surface area contributed by atoms with Gasteiger partial charge in [-0.1, -0.05) is 6.92 Å². The van der Waals surface area contributed by atoms with Crippen molar-refractivity contribution in [3.63, 3.8) is 0 Å². The summed E-state index contributed by atoms with van der Waals surface area (Å²) < 4.78 is 3.25. The van der Waals surface area contributed by atoms with Crippen LogP contribution in [0.3, 0.4) is 0 Å². The monoisotopic (exact) mass is 409 g/mol. The average molecular weight is 409 g/mol. The van der Waals surface area contributed by atoms with Gasteiger partial charge in [0.15, 0.2) is 18.1 Å². The van der Waals surface area contributed by atoms with Crippen molar-refractivity contribution in [3.8, 4) is 0 Å². The lowest BCUT2D eigenvalue weighted by atomic mass is 10.0. The van der Waals surface area contributed by atoms with Crippen LogP contribution in [0.15, 0.2) is 17.5 Å². The zero-order valence-electron chi connectivity index (χ0n) is 15.6. The summed E-state index contributed by atoms with van der Waals surface area (Å²) in [5.74, 6) is -1.14. The van der Waals surface area contributed by atoms with E-state index in [1.54, 1.807) is 22.6 Å². The maximum atomic E-state index is 12.0. The molecule has 3 rings (SSSR count). The summed E-state index contributed by atoms with van der Waals surface area (Å²) in [7, 11) is 1.69. The third-order valence-electron chi connectivity index (χ3n) is 4.71. The molecule has 0 aliphatic carbocycles. The largest absolute Gasteiger partial charge is 0.543 e. The molecule has 2 atom stereocenters. The Hall–Kier alpha value is -2.73. The van der Waals surface area contributed by atoms with E-state index in [-0.39, 0.29) is 23.6 Å². The number of amides is 3. The van der Waals surface area contributed by atoms with Crippen LogP contribution in [0, 0.1) is 0 Å². The van der Waals surface area contributed by atoms with Gasteiger partial charge in [-0.15, -0.1) is 21.1 Å². The number of nitrogens with zero attached hydrogens (tertiary/aromatic N) is 3. The zero-order valence-corrected chi connectivity index (χ0v) is 16.4. The number of hydrogen-bond donors (Lipinski definition) is 4. The predicted octanol–water partition coefficient (Wildman–Crippen LogP) is -2.33. The number of urea groups is 1. The average Bonchev–Trinajstić information content (AvgIpc) is 2.92. The molecule has 3 heterocycles. The summed E-state index contributed by atoms with van der Waals surface area (Å²) in [6.07, 6.45) is 2.41. The van der Waals surface area contributed by atoms with Crippen molar-refractivity contribution < 1.29 is 24.2 Å². The van der Waals surface area contributed by atoms with Crippen LogP contribution in [-0.2, 0) is 23.2 Å². The Kier molecular flexibility index (Phi) is 5.52. The molecule has 1 aromatic heterocycles. The van der Waals surface area contributed by atoms with E-state index in [2.05, 4.69) is 10.6 Å². The standard InChI is InChI=1S/C16H23N7O4S/c1-3-4-19-16(27)20-9-6-22(21(2)12(9)18)5-8-7-28-14-10(17)13(24)23(14)11(8)15(25)26/h6,10,14,18H,3-5,7,17H2,1-2H3,(H3,19,20,25,26,27)/t10-,14-/m1/s1. The molecule has 28 heavy (non-hydrogen) atoms. The van der Waals surface area contributed by atoms with Gasteiger partial charge < -0.3 is 26.7 Å². The number of rotatable bonds is 6. The van der Waals surface area contributed by atoms with Crippen LogP contribution < -0.4 is 31.9 Å². The Labute approximate surface area is 165 Å². The van der Waals surface area contributed by atoms with Crippen molar-refractivity contribution in [3.05, 3.63) is 17.5 Å². The molecule has 0 aromatic carbocycles. The number of aliphatic carboxylic acids is 1. The summed E-state index contributed by atoms with van der Waals surface area (Å²) in [4.78, 5) is 36.8. The van der Waals surface area contributed by atoms with Gasteiger partial charge in [0.05, 0.1) is 18.7 Å². The molecule has 2 aliphatic rings. The Bertz CT molecular complexity index is 865. The predicted molar refractivity (Wildman–Crippen MR) is 100 cm³/mol. The van der Waals surface area contributed by atoms with Crippen molar-refractivity contribution in [2.75, 3.05) is 23.3 Å². The maximum absolute atomic E-state index is 12.0. The fraction of sp³-hybridized carbons (Fsp3) is 0.500. The lowest BCUT2D eigenvalue weighted by molar-refractivity contribution is -0.765. The number of nitrogens with one attached hydrogen (secondary N) is 2. The summed E-state index contributed by atoms with van der Waals surface area (Å²) in [6, 6.07) is -1.08. The molecule has 6 N–H and O–H groups in total. The van der Waals surface area contributed by atoms with Gasteiger partial charge in [-0.3, -0.25) is 15.0 Å². The molecule has 3 amide bonds. The van der Waals surface area contributed by atoms with E-state index < -0.39 is 17.9 Å². The first-order valence-corrected chi connectivity index (χ1v) is 9.84. The van der Waals surface area contributed by atoms with E-state index in [1.807, 2.05) is 6.92 Å². The second-order valence-corrected chi connectivity index (χ2v) is 7.71. The Morgan fingerprint density at radius 3 is 2.82 bits per heavy atom. The number of β-lactam (4-membered cyclic amide) rings is 1. The second kappa shape index (κ2) is 7.72. The number of aromatic nitrogens is 2. The van der Waals surface area contributed by atoms with Crippen molar-refractivity contribution in [1.29, 1.82) is 0 Å². The van der Waals surface area contributed by atoms with E-state index in [4.69, 9.17) is 11.5 Å². The number of carbonyl (C=O) groups is 3. The lowest BCUT2D eigenvalue weighted by Gasteiger charge is -2.49.